The summed E-state index contributed by atoms with van der Waals surface area (Å²) in [5.74, 6) is -1.13. The Bertz CT molecular complexity index is 1820. The molecule has 0 aliphatic carbocycles. The van der Waals surface area contributed by atoms with E-state index in [1.807, 2.05) is 36.4 Å². The van der Waals surface area contributed by atoms with Crippen LogP contribution in [0.4, 0.5) is 0 Å². The maximum atomic E-state index is 12.8. The molecule has 5 rings (SSSR count). The predicted molar refractivity (Wildman–Crippen MR) is 164 cm³/mol. The molecule has 0 aromatic heterocycles. The van der Waals surface area contributed by atoms with Gasteiger partial charge in [-0.05, 0) is 83.6 Å². The number of rotatable bonds is 9. The minimum atomic E-state index is -0.680. The molecule has 0 atom stereocenters. The van der Waals surface area contributed by atoms with Gasteiger partial charge in [0.1, 0.15) is 17.2 Å². The Kier molecular flexibility index (Phi) is 9.31. The molecule has 0 heterocycles. The van der Waals surface area contributed by atoms with Crippen LogP contribution < -0.4 is 19.6 Å². The Morgan fingerprint density at radius 1 is 0.674 bits per heavy atom. The van der Waals surface area contributed by atoms with Crippen molar-refractivity contribution >= 4 is 58.0 Å². The summed E-state index contributed by atoms with van der Waals surface area (Å²) >= 11 is 11.8. The topological polar surface area (TPSA) is 103 Å². The molecule has 214 valence electrons. The quantitative estimate of drug-likeness (QED) is 0.0823. The molecule has 0 aliphatic rings. The van der Waals surface area contributed by atoms with Gasteiger partial charge >= 0.3 is 11.9 Å². The van der Waals surface area contributed by atoms with E-state index in [1.54, 1.807) is 30.3 Å². The third-order valence-electron chi connectivity index (χ3n) is 6.04. The summed E-state index contributed by atoms with van der Waals surface area (Å²) in [6.45, 7) is -0.270. The number of benzene rings is 5. The lowest BCUT2D eigenvalue weighted by Crippen LogP contribution is -2.24. The van der Waals surface area contributed by atoms with Crippen molar-refractivity contribution in [1.29, 1.82) is 0 Å². The van der Waals surface area contributed by atoms with Gasteiger partial charge in [-0.25, -0.2) is 15.0 Å². The first kappa shape index (κ1) is 29.3. The van der Waals surface area contributed by atoms with Crippen LogP contribution in [0.5, 0.6) is 17.2 Å². The number of nitrogens with one attached hydrogen (secondary N) is 1. The summed E-state index contributed by atoms with van der Waals surface area (Å²) in [7, 11) is 0. The Morgan fingerprint density at radius 2 is 1.28 bits per heavy atom. The van der Waals surface area contributed by atoms with Crippen LogP contribution in [0.25, 0.3) is 10.8 Å². The average molecular weight is 613 g/mol. The fourth-order valence-electron chi connectivity index (χ4n) is 3.88. The van der Waals surface area contributed by atoms with Crippen LogP contribution in [-0.2, 0) is 4.79 Å². The van der Waals surface area contributed by atoms with Crippen molar-refractivity contribution < 1.29 is 28.6 Å². The second-order valence-electron chi connectivity index (χ2n) is 9.08. The number of hydrogen-bond acceptors (Lipinski definition) is 7. The predicted octanol–water partition coefficient (Wildman–Crippen LogP) is 7.11. The summed E-state index contributed by atoms with van der Waals surface area (Å²) in [4.78, 5) is 37.8. The van der Waals surface area contributed by atoms with Gasteiger partial charge in [-0.1, -0.05) is 53.5 Å². The SMILES string of the molecule is O=C(COc1ccc2ccccc2c1)NN=Cc1ccc(OC(=O)c2ccc(Cl)cc2)cc1OC(=O)c1ccc(Cl)cc1. The number of fused-ring (bicyclic) bond motifs is 1. The lowest BCUT2D eigenvalue weighted by atomic mass is 10.1. The zero-order valence-corrected chi connectivity index (χ0v) is 23.8. The molecule has 1 amide bonds. The molecule has 43 heavy (non-hydrogen) atoms. The third-order valence-corrected chi connectivity index (χ3v) is 6.55. The number of nitrogens with zero attached hydrogens (tertiary/aromatic N) is 1. The van der Waals surface area contributed by atoms with E-state index in [2.05, 4.69) is 10.5 Å². The van der Waals surface area contributed by atoms with Gasteiger partial charge in [0, 0.05) is 21.7 Å². The van der Waals surface area contributed by atoms with E-state index in [9.17, 15) is 14.4 Å². The van der Waals surface area contributed by atoms with Crippen LogP contribution in [0.1, 0.15) is 26.3 Å². The number of hydrazone groups is 1. The van der Waals surface area contributed by atoms with Crippen LogP contribution >= 0.6 is 23.2 Å². The van der Waals surface area contributed by atoms with Crippen molar-refractivity contribution in [2.75, 3.05) is 6.61 Å². The first-order valence-electron chi connectivity index (χ1n) is 12.9. The number of carbonyl (C=O) groups excluding carboxylic acids is 3. The monoisotopic (exact) mass is 612 g/mol. The van der Waals surface area contributed by atoms with Gasteiger partial charge < -0.3 is 14.2 Å². The summed E-state index contributed by atoms with van der Waals surface area (Å²) in [6, 6.07) is 30.0. The minimum Gasteiger partial charge on any atom is -0.484 e. The lowest BCUT2D eigenvalue weighted by molar-refractivity contribution is -0.123. The standard InChI is InChI=1S/C33H22Cl2N2O6/c34-26-11-5-22(6-12-26)32(39)42-29-16-10-25(30(18-29)43-33(40)23-7-13-27(35)14-8-23)19-36-37-31(38)20-41-28-15-9-21-3-1-2-4-24(21)17-28/h1-19H,20H2,(H,37,38). The molecule has 0 saturated carbocycles. The van der Waals surface area contributed by atoms with E-state index in [4.69, 9.17) is 37.4 Å². The molecule has 5 aromatic carbocycles. The van der Waals surface area contributed by atoms with E-state index in [0.29, 0.717) is 21.4 Å². The number of esters is 2. The van der Waals surface area contributed by atoms with E-state index in [-0.39, 0.29) is 29.2 Å². The number of ether oxygens (including phenoxy) is 3. The highest BCUT2D eigenvalue weighted by Gasteiger charge is 2.15. The Morgan fingerprint density at radius 3 is 1.95 bits per heavy atom. The zero-order valence-electron chi connectivity index (χ0n) is 22.3. The lowest BCUT2D eigenvalue weighted by Gasteiger charge is -2.11. The fraction of sp³-hybridized carbons (Fsp3) is 0.0303. The maximum Gasteiger partial charge on any atom is 0.343 e. The van der Waals surface area contributed by atoms with E-state index >= 15 is 0 Å². The van der Waals surface area contributed by atoms with E-state index in [1.165, 1.54) is 48.7 Å². The molecule has 0 spiro atoms. The molecule has 0 aliphatic heterocycles. The highest BCUT2D eigenvalue weighted by Crippen LogP contribution is 2.26. The van der Waals surface area contributed by atoms with Crippen LogP contribution in [0.3, 0.4) is 0 Å². The Balaban J connectivity index is 1.28. The molecule has 0 unspecified atom stereocenters. The molecule has 0 radical (unpaired) electrons. The Hall–Kier alpha value is -5.18. The van der Waals surface area contributed by atoms with Gasteiger partial charge in [0.25, 0.3) is 5.91 Å². The molecule has 0 bridgehead atoms. The number of halogens is 2. The van der Waals surface area contributed by atoms with E-state index < -0.39 is 17.8 Å². The van der Waals surface area contributed by atoms with Gasteiger partial charge in [-0.2, -0.15) is 5.10 Å². The average Bonchev–Trinajstić information content (AvgIpc) is 3.01. The molecule has 1 N–H and O–H groups in total. The maximum absolute atomic E-state index is 12.8. The molecule has 8 nitrogen and oxygen atoms in total. The van der Waals surface area contributed by atoms with Gasteiger partial charge in [-0.3, -0.25) is 4.79 Å². The summed E-state index contributed by atoms with van der Waals surface area (Å²) < 4.78 is 16.6. The normalized spacial score (nSPS) is 10.8. The van der Waals surface area contributed by atoms with Crippen LogP contribution in [0.15, 0.2) is 114 Å². The second-order valence-corrected chi connectivity index (χ2v) is 9.96. The number of amides is 1. The highest BCUT2D eigenvalue weighted by atomic mass is 35.5. The number of carbonyl (C=O) groups is 3. The van der Waals surface area contributed by atoms with Crippen molar-refractivity contribution in [3.05, 3.63) is 136 Å². The highest BCUT2D eigenvalue weighted by molar-refractivity contribution is 6.31. The third kappa shape index (κ3) is 7.97. The Labute approximate surface area is 256 Å². The molecule has 5 aromatic rings. The van der Waals surface area contributed by atoms with Crippen LogP contribution in [0.2, 0.25) is 10.0 Å². The zero-order chi connectivity index (χ0) is 30.2. The second kappa shape index (κ2) is 13.7. The largest absolute Gasteiger partial charge is 0.484 e. The van der Waals surface area contributed by atoms with Crippen LogP contribution in [-0.4, -0.2) is 30.7 Å². The van der Waals surface area contributed by atoms with Crippen molar-refractivity contribution in [2.45, 2.75) is 0 Å². The summed E-state index contributed by atoms with van der Waals surface area (Å²) in [6.07, 6.45) is 1.29. The fourth-order valence-corrected chi connectivity index (χ4v) is 4.13. The van der Waals surface area contributed by atoms with Crippen LogP contribution in [0, 0.1) is 0 Å². The smallest absolute Gasteiger partial charge is 0.343 e. The molecule has 0 saturated heterocycles. The molecular weight excluding hydrogens is 591 g/mol. The molecule has 10 heteroatoms. The summed E-state index contributed by atoms with van der Waals surface area (Å²) in [5, 5.41) is 6.95. The van der Waals surface area contributed by atoms with Crippen molar-refractivity contribution in [1.82, 2.24) is 5.43 Å². The van der Waals surface area contributed by atoms with Gasteiger partial charge in [0.05, 0.1) is 17.3 Å². The minimum absolute atomic E-state index is 0.0340. The van der Waals surface area contributed by atoms with Gasteiger partial charge in [0.15, 0.2) is 6.61 Å². The molecular formula is C33H22Cl2N2O6. The van der Waals surface area contributed by atoms with Gasteiger partial charge in [-0.15, -0.1) is 0 Å². The van der Waals surface area contributed by atoms with Crippen molar-refractivity contribution in [3.8, 4) is 17.2 Å². The van der Waals surface area contributed by atoms with Crippen molar-refractivity contribution in [3.63, 3.8) is 0 Å². The summed E-state index contributed by atoms with van der Waals surface area (Å²) in [5.41, 5.74) is 3.23. The first-order valence-corrected chi connectivity index (χ1v) is 13.6. The molecule has 0 fully saturated rings. The van der Waals surface area contributed by atoms with Crippen molar-refractivity contribution in [2.24, 2.45) is 5.10 Å². The van der Waals surface area contributed by atoms with E-state index in [0.717, 1.165) is 10.8 Å². The number of hydrogen-bond donors (Lipinski definition) is 1. The van der Waals surface area contributed by atoms with Gasteiger partial charge in [0.2, 0.25) is 0 Å². The first-order chi connectivity index (χ1) is 20.8.